The van der Waals surface area contributed by atoms with Crippen molar-refractivity contribution in [1.29, 1.82) is 0 Å². The molecule has 5 heteroatoms. The van der Waals surface area contributed by atoms with Gasteiger partial charge in [-0.2, -0.15) is 0 Å². The molecule has 2 N–H and O–H groups in total. The van der Waals surface area contributed by atoms with Crippen molar-refractivity contribution in [3.63, 3.8) is 0 Å². The van der Waals surface area contributed by atoms with E-state index in [0.29, 0.717) is 19.4 Å². The molecule has 2 saturated carbocycles. The number of rotatable bonds is 7. The lowest BCUT2D eigenvalue weighted by Crippen LogP contribution is -2.65. The first kappa shape index (κ1) is 15.3. The first-order valence-corrected chi connectivity index (χ1v) is 7.62. The van der Waals surface area contributed by atoms with Crippen LogP contribution >= 0.6 is 0 Å². The Bertz CT molecular complexity index is 399. The maximum absolute atomic E-state index is 12.2. The number of hydrogen-bond donors (Lipinski definition) is 2. The molecule has 5 nitrogen and oxygen atoms in total. The molecule has 0 aliphatic heterocycles. The third kappa shape index (κ3) is 2.12. The van der Waals surface area contributed by atoms with Crippen LogP contribution in [0.4, 0.5) is 0 Å². The van der Waals surface area contributed by atoms with Crippen molar-refractivity contribution in [2.75, 3.05) is 6.61 Å². The van der Waals surface area contributed by atoms with Crippen molar-refractivity contribution in [2.45, 2.75) is 65.0 Å². The Morgan fingerprint density at radius 3 is 2.25 bits per heavy atom. The predicted octanol–water partition coefficient (Wildman–Crippen LogP) is 1.95. The second kappa shape index (κ2) is 5.35. The molecule has 2 rings (SSSR count). The Balaban J connectivity index is 2.03. The Morgan fingerprint density at radius 1 is 1.25 bits per heavy atom. The van der Waals surface area contributed by atoms with Crippen LogP contribution in [0.3, 0.4) is 0 Å². The van der Waals surface area contributed by atoms with E-state index in [-0.39, 0.29) is 23.5 Å². The fourth-order valence-electron chi connectivity index (χ4n) is 3.54. The average Bonchev–Trinajstić information content (AvgIpc) is 3.20. The Labute approximate surface area is 120 Å². The van der Waals surface area contributed by atoms with Gasteiger partial charge in [-0.05, 0) is 39.0 Å². The van der Waals surface area contributed by atoms with Crippen molar-refractivity contribution < 1.29 is 19.4 Å². The molecule has 2 aliphatic carbocycles. The number of aliphatic carboxylic acids is 1. The van der Waals surface area contributed by atoms with E-state index in [1.54, 1.807) is 0 Å². The zero-order valence-electron chi connectivity index (χ0n) is 12.6. The number of nitrogens with one attached hydrogen (secondary N) is 1. The topological polar surface area (TPSA) is 75.6 Å². The second-order valence-electron chi connectivity index (χ2n) is 6.03. The van der Waals surface area contributed by atoms with Crippen LogP contribution in [0.1, 0.15) is 52.9 Å². The molecule has 0 saturated heterocycles. The van der Waals surface area contributed by atoms with Crippen molar-refractivity contribution in [2.24, 2.45) is 10.8 Å². The number of amides is 1. The zero-order valence-corrected chi connectivity index (χ0v) is 12.6. The summed E-state index contributed by atoms with van der Waals surface area (Å²) in [5.74, 6) is -1.30. The Hall–Kier alpha value is -1.10. The van der Waals surface area contributed by atoms with Gasteiger partial charge in [0.15, 0.2) is 0 Å². The van der Waals surface area contributed by atoms with Crippen LogP contribution in [-0.2, 0) is 14.3 Å². The molecule has 0 aromatic rings. The number of hydrogen-bond acceptors (Lipinski definition) is 3. The molecule has 2 fully saturated rings. The van der Waals surface area contributed by atoms with Crippen LogP contribution in [0.5, 0.6) is 0 Å². The molecule has 1 amide bonds. The number of ether oxygens (including phenoxy) is 1. The summed E-state index contributed by atoms with van der Waals surface area (Å²) in [5.41, 5.74) is -1.19. The van der Waals surface area contributed by atoms with Crippen molar-refractivity contribution in [3.8, 4) is 0 Å². The molecule has 0 spiro atoms. The SMILES string of the molecule is CCO[C@H]1C[C@H](NC(=O)C2(C(=O)O)CC2)C1(CC)CC. The van der Waals surface area contributed by atoms with Gasteiger partial charge < -0.3 is 15.2 Å². The van der Waals surface area contributed by atoms with E-state index in [4.69, 9.17) is 4.74 Å². The molecule has 0 aromatic carbocycles. The highest BCUT2D eigenvalue weighted by Gasteiger charge is 2.60. The molecule has 0 bridgehead atoms. The van der Waals surface area contributed by atoms with Crippen LogP contribution < -0.4 is 5.32 Å². The van der Waals surface area contributed by atoms with Gasteiger partial charge in [0.05, 0.1) is 6.10 Å². The molecule has 0 radical (unpaired) electrons. The molecule has 0 aromatic heterocycles. The number of carbonyl (C=O) groups excluding carboxylic acids is 1. The number of carboxylic acid groups (broad SMARTS) is 1. The highest BCUT2D eigenvalue weighted by molar-refractivity contribution is 6.05. The summed E-state index contributed by atoms with van der Waals surface area (Å²) in [4.78, 5) is 23.4. The lowest BCUT2D eigenvalue weighted by atomic mass is 9.58. The fraction of sp³-hybridized carbons (Fsp3) is 0.867. The molecular weight excluding hydrogens is 258 g/mol. The predicted molar refractivity (Wildman–Crippen MR) is 74.3 cm³/mol. The lowest BCUT2D eigenvalue weighted by Gasteiger charge is -2.55. The first-order valence-electron chi connectivity index (χ1n) is 7.62. The van der Waals surface area contributed by atoms with E-state index in [1.807, 2.05) is 6.92 Å². The van der Waals surface area contributed by atoms with E-state index >= 15 is 0 Å². The summed E-state index contributed by atoms with van der Waals surface area (Å²) in [6, 6.07) is 0.0402. The summed E-state index contributed by atoms with van der Waals surface area (Å²) < 4.78 is 5.77. The normalized spacial score (nSPS) is 29.4. The first-order chi connectivity index (χ1) is 9.46. The van der Waals surface area contributed by atoms with Crippen LogP contribution in [0, 0.1) is 10.8 Å². The van der Waals surface area contributed by atoms with Crippen LogP contribution in [-0.4, -0.2) is 35.7 Å². The van der Waals surface area contributed by atoms with E-state index in [2.05, 4.69) is 19.2 Å². The highest BCUT2D eigenvalue weighted by Crippen LogP contribution is 2.51. The third-order valence-corrected chi connectivity index (χ3v) is 5.37. The summed E-state index contributed by atoms with van der Waals surface area (Å²) in [6.07, 6.45) is 3.74. The van der Waals surface area contributed by atoms with Gasteiger partial charge in [0.25, 0.3) is 0 Å². The van der Waals surface area contributed by atoms with Gasteiger partial charge in [-0.15, -0.1) is 0 Å². The van der Waals surface area contributed by atoms with Crippen molar-refractivity contribution in [3.05, 3.63) is 0 Å². The van der Waals surface area contributed by atoms with Gasteiger partial charge in [0.1, 0.15) is 5.41 Å². The number of carbonyl (C=O) groups is 2. The largest absolute Gasteiger partial charge is 0.480 e. The minimum absolute atomic E-state index is 0.0402. The van der Waals surface area contributed by atoms with E-state index in [1.165, 1.54) is 0 Å². The standard InChI is InChI=1S/C15H25NO4/c1-4-14(5-2)10(9-11(14)20-6-3)16-12(17)15(7-8-15)13(18)19/h10-11H,4-9H2,1-3H3,(H,16,17)(H,18,19)/t10-,11-/m0/s1. The minimum Gasteiger partial charge on any atom is -0.480 e. The van der Waals surface area contributed by atoms with Crippen LogP contribution in [0.15, 0.2) is 0 Å². The monoisotopic (exact) mass is 283 g/mol. The molecular formula is C15H25NO4. The third-order valence-electron chi connectivity index (χ3n) is 5.37. The maximum Gasteiger partial charge on any atom is 0.319 e. The van der Waals surface area contributed by atoms with Crippen LogP contribution in [0.25, 0.3) is 0 Å². The van der Waals surface area contributed by atoms with E-state index in [0.717, 1.165) is 19.3 Å². The van der Waals surface area contributed by atoms with Gasteiger partial charge in [0.2, 0.25) is 5.91 Å². The van der Waals surface area contributed by atoms with Crippen LogP contribution in [0.2, 0.25) is 0 Å². The quantitative estimate of drug-likeness (QED) is 0.700. The molecule has 0 unspecified atom stereocenters. The Morgan fingerprint density at radius 2 is 1.85 bits per heavy atom. The average molecular weight is 283 g/mol. The Kier molecular flexibility index (Phi) is 4.09. The summed E-state index contributed by atoms with van der Waals surface area (Å²) in [5, 5.41) is 12.2. The summed E-state index contributed by atoms with van der Waals surface area (Å²) in [7, 11) is 0. The van der Waals surface area contributed by atoms with Gasteiger partial charge in [0, 0.05) is 18.1 Å². The molecule has 2 atom stereocenters. The zero-order chi connectivity index (χ0) is 15.0. The fourth-order valence-corrected chi connectivity index (χ4v) is 3.54. The lowest BCUT2D eigenvalue weighted by molar-refractivity contribution is -0.157. The van der Waals surface area contributed by atoms with Crippen molar-refractivity contribution >= 4 is 11.9 Å². The molecule has 20 heavy (non-hydrogen) atoms. The van der Waals surface area contributed by atoms with Gasteiger partial charge in [-0.1, -0.05) is 13.8 Å². The van der Waals surface area contributed by atoms with Gasteiger partial charge in [-0.3, -0.25) is 9.59 Å². The molecule has 114 valence electrons. The second-order valence-corrected chi connectivity index (χ2v) is 6.03. The molecule has 2 aliphatic rings. The summed E-state index contributed by atoms with van der Waals surface area (Å²) in [6.45, 7) is 6.87. The summed E-state index contributed by atoms with van der Waals surface area (Å²) >= 11 is 0. The maximum atomic E-state index is 12.2. The van der Waals surface area contributed by atoms with Gasteiger partial charge in [-0.25, -0.2) is 0 Å². The number of carboxylic acids is 1. The molecule has 0 heterocycles. The smallest absolute Gasteiger partial charge is 0.319 e. The van der Waals surface area contributed by atoms with E-state index in [9.17, 15) is 14.7 Å². The van der Waals surface area contributed by atoms with Crippen molar-refractivity contribution in [1.82, 2.24) is 5.32 Å². The highest BCUT2D eigenvalue weighted by atomic mass is 16.5. The van der Waals surface area contributed by atoms with Gasteiger partial charge >= 0.3 is 5.97 Å². The minimum atomic E-state index is -1.15. The van der Waals surface area contributed by atoms with E-state index < -0.39 is 11.4 Å².